The van der Waals surface area contributed by atoms with Gasteiger partial charge in [-0.15, -0.1) is 0 Å². The van der Waals surface area contributed by atoms with Crippen LogP contribution in [0, 0.1) is 13.8 Å². The van der Waals surface area contributed by atoms with Crippen molar-refractivity contribution in [1.82, 2.24) is 5.32 Å². The van der Waals surface area contributed by atoms with Crippen LogP contribution in [0.4, 0.5) is 0 Å². The fourth-order valence-electron chi connectivity index (χ4n) is 3.98. The number of aromatic hydroxyl groups is 1. The normalized spacial score (nSPS) is 11.7. The molecule has 0 aliphatic rings. The van der Waals surface area contributed by atoms with Gasteiger partial charge in [-0.2, -0.15) is 0 Å². The minimum atomic E-state index is -0.901. The summed E-state index contributed by atoms with van der Waals surface area (Å²) in [7, 11) is 1.26. The number of rotatable bonds is 6. The SMILES string of the molecule is COC(=O)C(Cc1ccc(O)cc1)NC(=O)c1ccc(-c2cc(=O)c3cc(C)cc(C)c3o2)cc1. The molecule has 0 saturated carbocycles. The van der Waals surface area contributed by atoms with Gasteiger partial charge in [-0.1, -0.05) is 30.3 Å². The van der Waals surface area contributed by atoms with Crippen LogP contribution in [0.2, 0.25) is 0 Å². The topological polar surface area (TPSA) is 106 Å². The lowest BCUT2D eigenvalue weighted by atomic mass is 10.0. The van der Waals surface area contributed by atoms with Gasteiger partial charge in [0.25, 0.3) is 5.91 Å². The Morgan fingerprint density at radius 2 is 1.69 bits per heavy atom. The molecular weight excluding hydrogens is 446 g/mol. The third-order valence-electron chi connectivity index (χ3n) is 5.76. The van der Waals surface area contributed by atoms with E-state index in [-0.39, 0.29) is 17.6 Å². The Labute approximate surface area is 202 Å². The van der Waals surface area contributed by atoms with Gasteiger partial charge >= 0.3 is 5.97 Å². The minimum absolute atomic E-state index is 0.111. The van der Waals surface area contributed by atoms with Crippen molar-refractivity contribution >= 4 is 22.8 Å². The first kappa shape index (κ1) is 23.8. The molecule has 0 radical (unpaired) electrons. The molecule has 0 aliphatic heterocycles. The minimum Gasteiger partial charge on any atom is -0.508 e. The van der Waals surface area contributed by atoms with Gasteiger partial charge in [0.05, 0.1) is 12.5 Å². The molecule has 3 aromatic carbocycles. The molecule has 0 bridgehead atoms. The van der Waals surface area contributed by atoms with Crippen LogP contribution in [-0.2, 0) is 16.0 Å². The summed E-state index contributed by atoms with van der Waals surface area (Å²) in [6.07, 6.45) is 0.206. The van der Waals surface area contributed by atoms with E-state index in [0.717, 1.165) is 16.7 Å². The summed E-state index contributed by atoms with van der Waals surface area (Å²) >= 11 is 0. The van der Waals surface area contributed by atoms with E-state index in [1.807, 2.05) is 19.9 Å². The Balaban J connectivity index is 1.55. The van der Waals surface area contributed by atoms with Gasteiger partial charge in [0.15, 0.2) is 5.43 Å². The Kier molecular flexibility index (Phi) is 6.68. The Morgan fingerprint density at radius 1 is 1.00 bits per heavy atom. The van der Waals surface area contributed by atoms with Crippen LogP contribution in [0.3, 0.4) is 0 Å². The van der Waals surface area contributed by atoms with Crippen LogP contribution in [0.1, 0.15) is 27.0 Å². The number of esters is 1. The zero-order valence-electron chi connectivity index (χ0n) is 19.6. The lowest BCUT2D eigenvalue weighted by molar-refractivity contribution is -0.142. The Morgan fingerprint density at radius 3 is 2.34 bits per heavy atom. The predicted octanol–water partition coefficient (Wildman–Crippen LogP) is 4.30. The molecule has 0 saturated heterocycles. The van der Waals surface area contributed by atoms with Crippen molar-refractivity contribution in [3.8, 4) is 17.1 Å². The summed E-state index contributed by atoms with van der Waals surface area (Å²) in [5.41, 5.74) is 4.00. The fraction of sp³-hybridized carbons (Fsp3) is 0.179. The number of phenolic OH excluding ortho intramolecular Hbond substituents is 1. The van der Waals surface area contributed by atoms with Gasteiger partial charge < -0.3 is 19.6 Å². The lowest BCUT2D eigenvalue weighted by Gasteiger charge is -2.17. The summed E-state index contributed by atoms with van der Waals surface area (Å²) in [5.74, 6) is -0.509. The highest BCUT2D eigenvalue weighted by molar-refractivity contribution is 5.97. The standard InChI is InChI=1S/C28H25NO6/c1-16-12-17(2)26-22(13-16)24(31)15-25(35-26)19-6-8-20(9-7-19)27(32)29-23(28(33)34-3)14-18-4-10-21(30)11-5-18/h4-13,15,23,30H,14H2,1-3H3,(H,29,32). The molecule has 35 heavy (non-hydrogen) atoms. The monoisotopic (exact) mass is 471 g/mol. The van der Waals surface area contributed by atoms with Crippen molar-refractivity contribution in [3.05, 3.63) is 99.2 Å². The largest absolute Gasteiger partial charge is 0.508 e. The van der Waals surface area contributed by atoms with Gasteiger partial charge in [-0.25, -0.2) is 4.79 Å². The van der Waals surface area contributed by atoms with E-state index in [0.29, 0.717) is 27.9 Å². The van der Waals surface area contributed by atoms with Crippen molar-refractivity contribution in [3.63, 3.8) is 0 Å². The molecule has 0 fully saturated rings. The molecule has 178 valence electrons. The van der Waals surface area contributed by atoms with Gasteiger partial charge in [0.1, 0.15) is 23.1 Å². The molecule has 2 N–H and O–H groups in total. The number of carbonyl (C=O) groups is 2. The third-order valence-corrected chi connectivity index (χ3v) is 5.76. The molecule has 7 heteroatoms. The first-order valence-corrected chi connectivity index (χ1v) is 11.1. The van der Waals surface area contributed by atoms with Crippen LogP contribution >= 0.6 is 0 Å². The van der Waals surface area contributed by atoms with Gasteiger partial charge in [0.2, 0.25) is 0 Å². The van der Waals surface area contributed by atoms with Crippen LogP contribution in [-0.4, -0.2) is 30.1 Å². The summed E-state index contributed by atoms with van der Waals surface area (Å²) in [6, 6.07) is 17.3. The molecule has 0 spiro atoms. The van der Waals surface area contributed by atoms with Gasteiger partial charge in [-0.05, 0) is 60.9 Å². The first-order valence-electron chi connectivity index (χ1n) is 11.1. The number of benzene rings is 3. The molecule has 1 aromatic heterocycles. The smallest absolute Gasteiger partial charge is 0.328 e. The Bertz CT molecular complexity index is 1450. The van der Waals surface area contributed by atoms with Crippen molar-refractivity contribution in [2.75, 3.05) is 7.11 Å². The van der Waals surface area contributed by atoms with E-state index in [2.05, 4.69) is 5.32 Å². The van der Waals surface area contributed by atoms with Crippen LogP contribution < -0.4 is 10.7 Å². The zero-order valence-corrected chi connectivity index (χ0v) is 19.6. The maximum Gasteiger partial charge on any atom is 0.328 e. The number of hydrogen-bond donors (Lipinski definition) is 2. The highest BCUT2D eigenvalue weighted by Crippen LogP contribution is 2.25. The number of phenols is 1. The van der Waals surface area contributed by atoms with E-state index in [1.165, 1.54) is 25.3 Å². The maximum atomic E-state index is 12.8. The summed E-state index contributed by atoms with van der Waals surface area (Å²) in [5, 5.41) is 12.7. The molecular formula is C28H25NO6. The lowest BCUT2D eigenvalue weighted by Crippen LogP contribution is -2.43. The average molecular weight is 472 g/mol. The van der Waals surface area contributed by atoms with E-state index in [9.17, 15) is 19.5 Å². The van der Waals surface area contributed by atoms with Gasteiger partial charge in [-0.3, -0.25) is 9.59 Å². The first-order chi connectivity index (χ1) is 16.7. The molecule has 1 heterocycles. The van der Waals surface area contributed by atoms with Crippen LogP contribution in [0.15, 0.2) is 75.9 Å². The summed E-state index contributed by atoms with van der Waals surface area (Å²) in [4.78, 5) is 37.7. The maximum absolute atomic E-state index is 12.8. The van der Waals surface area contributed by atoms with Crippen molar-refractivity contribution in [2.45, 2.75) is 26.3 Å². The van der Waals surface area contributed by atoms with Crippen LogP contribution in [0.25, 0.3) is 22.3 Å². The quantitative estimate of drug-likeness (QED) is 0.406. The van der Waals surface area contributed by atoms with Crippen molar-refractivity contribution < 1.29 is 23.8 Å². The molecule has 0 aliphatic carbocycles. The molecule has 7 nitrogen and oxygen atoms in total. The van der Waals surface area contributed by atoms with Crippen molar-refractivity contribution in [1.29, 1.82) is 0 Å². The number of nitrogens with one attached hydrogen (secondary N) is 1. The fourth-order valence-corrected chi connectivity index (χ4v) is 3.98. The molecule has 1 atom stereocenters. The Hall–Kier alpha value is -4.39. The average Bonchev–Trinajstić information content (AvgIpc) is 2.85. The van der Waals surface area contributed by atoms with E-state index in [1.54, 1.807) is 42.5 Å². The molecule has 4 aromatic rings. The molecule has 1 amide bonds. The highest BCUT2D eigenvalue weighted by Gasteiger charge is 2.23. The van der Waals surface area contributed by atoms with E-state index < -0.39 is 17.9 Å². The second-order valence-corrected chi connectivity index (χ2v) is 8.43. The number of fused-ring (bicyclic) bond motifs is 1. The number of amides is 1. The number of methoxy groups -OCH3 is 1. The zero-order chi connectivity index (χ0) is 25.1. The van der Waals surface area contributed by atoms with Crippen LogP contribution in [0.5, 0.6) is 5.75 Å². The summed E-state index contributed by atoms with van der Waals surface area (Å²) < 4.78 is 10.9. The second kappa shape index (κ2) is 9.85. The molecule has 4 rings (SSSR count). The number of carbonyl (C=O) groups excluding carboxylic acids is 2. The van der Waals surface area contributed by atoms with E-state index in [4.69, 9.17) is 9.15 Å². The number of ether oxygens (including phenoxy) is 1. The summed E-state index contributed by atoms with van der Waals surface area (Å²) in [6.45, 7) is 3.82. The number of hydrogen-bond acceptors (Lipinski definition) is 6. The number of aryl methyl sites for hydroxylation is 2. The predicted molar refractivity (Wildman–Crippen MR) is 132 cm³/mol. The second-order valence-electron chi connectivity index (χ2n) is 8.43. The van der Waals surface area contributed by atoms with Gasteiger partial charge in [0, 0.05) is 23.6 Å². The molecule has 1 unspecified atom stereocenters. The highest BCUT2D eigenvalue weighted by atomic mass is 16.5. The third kappa shape index (κ3) is 5.24. The van der Waals surface area contributed by atoms with Crippen molar-refractivity contribution in [2.24, 2.45) is 0 Å². The van der Waals surface area contributed by atoms with E-state index >= 15 is 0 Å².